The van der Waals surface area contributed by atoms with Crippen molar-refractivity contribution in [3.05, 3.63) is 22.4 Å². The van der Waals surface area contributed by atoms with E-state index >= 15 is 0 Å². The summed E-state index contributed by atoms with van der Waals surface area (Å²) in [6.07, 6.45) is 3.53. The van der Waals surface area contributed by atoms with Crippen molar-refractivity contribution in [3.63, 3.8) is 0 Å². The fourth-order valence-corrected chi connectivity index (χ4v) is 5.62. The predicted octanol–water partition coefficient (Wildman–Crippen LogP) is 3.84. The van der Waals surface area contributed by atoms with E-state index in [0.717, 1.165) is 30.6 Å². The van der Waals surface area contributed by atoms with Gasteiger partial charge in [-0.3, -0.25) is 4.79 Å². The molecule has 10 heteroatoms. The standard InChI is InChI=1S/C26H41N3O6S/c1-5-29-16-21(34-25(29)33)22(30)19(14-17-10-7-6-8-11-17)27-23(31)20(15-18-12-9-13-36-18)28-24(32)35-26(2,3)4/h9,12-13,17,19-22,30H,5-8,10-11,14-16H2,1-4H3,(H,27,31)(H,28,32)/t19-,20-,21-,22+/m0/s1. The van der Waals surface area contributed by atoms with Crippen LogP contribution in [-0.2, 0) is 20.7 Å². The minimum Gasteiger partial charge on any atom is -0.444 e. The first kappa shape index (κ1) is 28.2. The third-order valence-corrected chi connectivity index (χ3v) is 7.62. The van der Waals surface area contributed by atoms with Crippen LogP contribution >= 0.6 is 11.3 Å². The van der Waals surface area contributed by atoms with E-state index in [1.54, 1.807) is 20.8 Å². The van der Waals surface area contributed by atoms with E-state index in [1.165, 1.54) is 22.7 Å². The van der Waals surface area contributed by atoms with E-state index in [1.807, 2.05) is 24.4 Å². The number of rotatable bonds is 10. The van der Waals surface area contributed by atoms with E-state index in [-0.39, 0.29) is 6.54 Å². The number of aliphatic hydroxyl groups is 1. The minimum absolute atomic E-state index is 0.280. The molecule has 1 aromatic heterocycles. The highest BCUT2D eigenvalue weighted by Crippen LogP contribution is 2.29. The molecule has 3 N–H and O–H groups in total. The Balaban J connectivity index is 1.75. The number of aliphatic hydroxyl groups excluding tert-OH is 1. The van der Waals surface area contributed by atoms with Crippen LogP contribution in [0.5, 0.6) is 0 Å². The van der Waals surface area contributed by atoms with Gasteiger partial charge in [0.05, 0.1) is 12.6 Å². The van der Waals surface area contributed by atoms with Crippen molar-refractivity contribution >= 4 is 29.4 Å². The summed E-state index contributed by atoms with van der Waals surface area (Å²) in [4.78, 5) is 40.7. The Hall–Kier alpha value is -2.33. The zero-order valence-electron chi connectivity index (χ0n) is 21.8. The maximum atomic E-state index is 13.5. The van der Waals surface area contributed by atoms with Gasteiger partial charge in [-0.25, -0.2) is 9.59 Å². The fraction of sp³-hybridized carbons (Fsp3) is 0.731. The third-order valence-electron chi connectivity index (χ3n) is 6.72. The summed E-state index contributed by atoms with van der Waals surface area (Å²) < 4.78 is 10.8. The molecule has 0 radical (unpaired) electrons. The SMILES string of the molecule is CCN1C[C@@H]([C@H](O)[C@H](CC2CCCCC2)NC(=O)[C@H](Cc2cccs2)NC(=O)OC(C)(C)C)OC1=O. The highest BCUT2D eigenvalue weighted by atomic mass is 32.1. The quantitative estimate of drug-likeness (QED) is 0.429. The maximum Gasteiger partial charge on any atom is 0.410 e. The molecule has 1 aliphatic heterocycles. The van der Waals surface area contributed by atoms with Crippen LogP contribution in [0, 0.1) is 5.92 Å². The highest BCUT2D eigenvalue weighted by molar-refractivity contribution is 7.09. The Morgan fingerprint density at radius 3 is 2.56 bits per heavy atom. The molecule has 2 fully saturated rings. The molecule has 1 aliphatic carbocycles. The molecule has 0 spiro atoms. The molecule has 0 bridgehead atoms. The first-order valence-corrected chi connectivity index (χ1v) is 13.9. The summed E-state index contributed by atoms with van der Waals surface area (Å²) in [5, 5.41) is 18.9. The van der Waals surface area contributed by atoms with Crippen LogP contribution in [0.2, 0.25) is 0 Å². The van der Waals surface area contributed by atoms with Gasteiger partial charge in [0, 0.05) is 17.8 Å². The number of carbonyl (C=O) groups is 3. The number of cyclic esters (lactones) is 1. The minimum atomic E-state index is -1.06. The third kappa shape index (κ3) is 8.37. The average Bonchev–Trinajstić information content (AvgIpc) is 3.46. The molecule has 3 amide bonds. The van der Waals surface area contributed by atoms with Gasteiger partial charge in [0.15, 0.2) is 0 Å². The van der Waals surface area contributed by atoms with Crippen LogP contribution in [0.15, 0.2) is 17.5 Å². The van der Waals surface area contributed by atoms with Crippen LogP contribution < -0.4 is 10.6 Å². The van der Waals surface area contributed by atoms with Gasteiger partial charge < -0.3 is 30.1 Å². The lowest BCUT2D eigenvalue weighted by molar-refractivity contribution is -0.125. The van der Waals surface area contributed by atoms with Crippen molar-refractivity contribution in [2.45, 2.75) is 103 Å². The zero-order valence-corrected chi connectivity index (χ0v) is 22.6. The molecule has 202 valence electrons. The fourth-order valence-electron chi connectivity index (χ4n) is 4.87. The number of likely N-dealkylation sites (N-methyl/N-ethyl adjacent to an activating group) is 1. The second-order valence-corrected chi connectivity index (χ2v) is 11.8. The lowest BCUT2D eigenvalue weighted by Gasteiger charge is -2.33. The average molecular weight is 524 g/mol. The second-order valence-electron chi connectivity index (χ2n) is 10.8. The summed E-state index contributed by atoms with van der Waals surface area (Å²) in [7, 11) is 0. The number of amides is 3. The van der Waals surface area contributed by atoms with Crippen molar-refractivity contribution in [3.8, 4) is 0 Å². The number of alkyl carbamates (subject to hydrolysis) is 1. The van der Waals surface area contributed by atoms with Crippen molar-refractivity contribution in [1.29, 1.82) is 0 Å². The number of hydrogen-bond donors (Lipinski definition) is 3. The normalized spacial score (nSPS) is 21.4. The predicted molar refractivity (Wildman–Crippen MR) is 138 cm³/mol. The largest absolute Gasteiger partial charge is 0.444 e. The zero-order chi connectivity index (χ0) is 26.3. The van der Waals surface area contributed by atoms with Crippen molar-refractivity contribution in [1.82, 2.24) is 15.5 Å². The molecule has 9 nitrogen and oxygen atoms in total. The lowest BCUT2D eigenvalue weighted by Crippen LogP contribution is -2.56. The molecule has 0 unspecified atom stereocenters. The van der Waals surface area contributed by atoms with Crippen LogP contribution in [0.3, 0.4) is 0 Å². The van der Waals surface area contributed by atoms with Gasteiger partial charge in [0.2, 0.25) is 5.91 Å². The van der Waals surface area contributed by atoms with E-state index in [4.69, 9.17) is 9.47 Å². The Bertz CT molecular complexity index is 866. The lowest BCUT2D eigenvalue weighted by atomic mass is 9.83. The Morgan fingerprint density at radius 2 is 1.97 bits per heavy atom. The number of ether oxygens (including phenoxy) is 2. The Kier molecular flexibility index (Phi) is 10.0. The molecule has 1 aromatic rings. The van der Waals surface area contributed by atoms with Crippen LogP contribution in [0.1, 0.15) is 71.1 Å². The molecular formula is C26H41N3O6S. The van der Waals surface area contributed by atoms with Gasteiger partial charge in [-0.15, -0.1) is 11.3 Å². The molecule has 3 rings (SSSR count). The van der Waals surface area contributed by atoms with Crippen molar-refractivity contribution < 1.29 is 29.0 Å². The van der Waals surface area contributed by atoms with E-state index < -0.39 is 48.0 Å². The smallest absolute Gasteiger partial charge is 0.410 e. The first-order valence-electron chi connectivity index (χ1n) is 13.0. The molecule has 36 heavy (non-hydrogen) atoms. The Labute approximate surface area is 217 Å². The van der Waals surface area contributed by atoms with Gasteiger partial charge in [-0.2, -0.15) is 0 Å². The highest BCUT2D eigenvalue weighted by Gasteiger charge is 2.40. The van der Waals surface area contributed by atoms with Gasteiger partial charge in [-0.05, 0) is 51.5 Å². The van der Waals surface area contributed by atoms with Crippen LogP contribution in [-0.4, -0.2) is 71.1 Å². The summed E-state index contributed by atoms with van der Waals surface area (Å²) >= 11 is 1.50. The second kappa shape index (κ2) is 12.8. The number of carbonyl (C=O) groups excluding carboxylic acids is 3. The number of hydrogen-bond acceptors (Lipinski definition) is 7. The number of thiophene rings is 1. The van der Waals surface area contributed by atoms with E-state index in [2.05, 4.69) is 10.6 Å². The number of nitrogens with zero attached hydrogens (tertiary/aromatic N) is 1. The van der Waals surface area contributed by atoms with Crippen molar-refractivity contribution in [2.24, 2.45) is 5.92 Å². The van der Waals surface area contributed by atoms with E-state index in [9.17, 15) is 19.5 Å². The maximum absolute atomic E-state index is 13.5. The molecule has 2 heterocycles. The topological polar surface area (TPSA) is 117 Å². The molecule has 2 aliphatic rings. The van der Waals surface area contributed by atoms with Gasteiger partial charge in [0.1, 0.15) is 23.9 Å². The molecule has 1 saturated heterocycles. The summed E-state index contributed by atoms with van der Waals surface area (Å²) in [6.45, 7) is 7.92. The van der Waals surface area contributed by atoms with E-state index in [0.29, 0.717) is 25.3 Å². The Morgan fingerprint density at radius 1 is 1.25 bits per heavy atom. The van der Waals surface area contributed by atoms with Gasteiger partial charge >= 0.3 is 12.2 Å². The van der Waals surface area contributed by atoms with Crippen LogP contribution in [0.4, 0.5) is 9.59 Å². The van der Waals surface area contributed by atoms with Gasteiger partial charge in [-0.1, -0.05) is 38.2 Å². The summed E-state index contributed by atoms with van der Waals surface area (Å²) in [5.41, 5.74) is -0.703. The van der Waals surface area contributed by atoms with Gasteiger partial charge in [0.25, 0.3) is 0 Å². The summed E-state index contributed by atoms with van der Waals surface area (Å²) in [5.74, 6) is -0.0292. The summed E-state index contributed by atoms with van der Waals surface area (Å²) in [6, 6.07) is 2.32. The molecule has 4 atom stereocenters. The molecule has 0 aromatic carbocycles. The van der Waals surface area contributed by atoms with Crippen LogP contribution in [0.25, 0.3) is 0 Å². The molecule has 1 saturated carbocycles. The number of nitrogens with one attached hydrogen (secondary N) is 2. The van der Waals surface area contributed by atoms with Crippen molar-refractivity contribution in [2.75, 3.05) is 13.1 Å². The monoisotopic (exact) mass is 523 g/mol. The molecular weight excluding hydrogens is 482 g/mol. The first-order chi connectivity index (χ1) is 17.1.